The summed E-state index contributed by atoms with van der Waals surface area (Å²) in [4.78, 5) is 0. The topological polar surface area (TPSA) is 46.2 Å². The van der Waals surface area contributed by atoms with Crippen LogP contribution < -0.4 is 5.32 Å². The van der Waals surface area contributed by atoms with Crippen molar-refractivity contribution < 1.29 is 8.42 Å². The maximum atomic E-state index is 11.1. The molecule has 0 heterocycles. The van der Waals surface area contributed by atoms with Gasteiger partial charge in [0.2, 0.25) is 0 Å². The molecule has 0 aliphatic heterocycles. The van der Waals surface area contributed by atoms with Gasteiger partial charge < -0.3 is 5.32 Å². The number of hydrogen-bond donors (Lipinski definition) is 1. The predicted octanol–water partition coefficient (Wildman–Crippen LogP) is 2.41. The molecular weight excluding hydrogens is 246 g/mol. The normalized spacial score (nSPS) is 13.8. The third-order valence-electron chi connectivity index (χ3n) is 2.77. The molecule has 0 aliphatic carbocycles. The van der Waals surface area contributed by atoms with Gasteiger partial charge in [-0.1, -0.05) is 44.2 Å². The standard InChI is InChI=1S/C14H23NO2S/c1-12(2)11-14(13-7-5-4-6-8-13)15-9-10-18(3,16)17/h4-8,12,14-15H,9-11H2,1-3H3. The van der Waals surface area contributed by atoms with Crippen LogP contribution in [0.15, 0.2) is 30.3 Å². The first-order chi connectivity index (χ1) is 8.38. The van der Waals surface area contributed by atoms with Gasteiger partial charge >= 0.3 is 0 Å². The van der Waals surface area contributed by atoms with Crippen LogP contribution in [0.4, 0.5) is 0 Å². The van der Waals surface area contributed by atoms with Gasteiger partial charge in [-0.2, -0.15) is 0 Å². The summed E-state index contributed by atoms with van der Waals surface area (Å²) < 4.78 is 22.3. The molecule has 1 aromatic rings. The van der Waals surface area contributed by atoms with Crippen LogP contribution in [0.5, 0.6) is 0 Å². The molecule has 3 nitrogen and oxygen atoms in total. The summed E-state index contributed by atoms with van der Waals surface area (Å²) in [7, 11) is -2.89. The zero-order valence-corrected chi connectivity index (χ0v) is 12.2. The van der Waals surface area contributed by atoms with Crippen molar-refractivity contribution >= 4 is 9.84 Å². The summed E-state index contributed by atoms with van der Waals surface area (Å²) >= 11 is 0. The largest absolute Gasteiger partial charge is 0.309 e. The molecule has 0 aromatic heterocycles. The van der Waals surface area contributed by atoms with Crippen LogP contribution in [0.3, 0.4) is 0 Å². The summed E-state index contributed by atoms with van der Waals surface area (Å²) in [5, 5.41) is 3.34. The Hall–Kier alpha value is -0.870. The van der Waals surface area contributed by atoms with E-state index in [1.807, 2.05) is 18.2 Å². The number of hydrogen-bond acceptors (Lipinski definition) is 3. The van der Waals surface area contributed by atoms with Crippen molar-refractivity contribution in [3.8, 4) is 0 Å². The lowest BCUT2D eigenvalue weighted by atomic mass is 9.97. The molecule has 0 spiro atoms. The zero-order chi connectivity index (χ0) is 13.6. The van der Waals surface area contributed by atoms with Gasteiger partial charge in [-0.05, 0) is 17.9 Å². The molecule has 0 radical (unpaired) electrons. The van der Waals surface area contributed by atoms with Gasteiger partial charge in [0.1, 0.15) is 9.84 Å². The van der Waals surface area contributed by atoms with Crippen LogP contribution in [0, 0.1) is 5.92 Å². The van der Waals surface area contributed by atoms with Crippen LogP contribution in [0.1, 0.15) is 31.9 Å². The number of rotatable bonds is 7. The molecule has 4 heteroatoms. The fraction of sp³-hybridized carbons (Fsp3) is 0.571. The van der Waals surface area contributed by atoms with Crippen molar-refractivity contribution in [2.24, 2.45) is 5.92 Å². The van der Waals surface area contributed by atoms with Gasteiger partial charge in [-0.3, -0.25) is 0 Å². The Morgan fingerprint density at radius 2 is 1.78 bits per heavy atom. The Labute approximate surface area is 111 Å². The molecule has 1 N–H and O–H groups in total. The Balaban J connectivity index is 2.62. The van der Waals surface area contributed by atoms with E-state index in [9.17, 15) is 8.42 Å². The Bertz CT molecular complexity index is 440. The lowest BCUT2D eigenvalue weighted by Gasteiger charge is -2.21. The van der Waals surface area contributed by atoms with Crippen molar-refractivity contribution in [3.63, 3.8) is 0 Å². The first-order valence-electron chi connectivity index (χ1n) is 6.34. The second-order valence-electron chi connectivity index (χ2n) is 5.18. The Morgan fingerprint density at radius 3 is 2.28 bits per heavy atom. The van der Waals surface area contributed by atoms with Crippen molar-refractivity contribution in [1.82, 2.24) is 5.32 Å². The maximum Gasteiger partial charge on any atom is 0.148 e. The number of nitrogens with one attached hydrogen (secondary N) is 1. The molecule has 0 amide bonds. The summed E-state index contributed by atoms with van der Waals surface area (Å²) in [5.41, 5.74) is 1.22. The molecule has 102 valence electrons. The SMILES string of the molecule is CC(C)CC(NCCS(C)(=O)=O)c1ccccc1. The lowest BCUT2D eigenvalue weighted by molar-refractivity contribution is 0.438. The minimum absolute atomic E-state index is 0.189. The minimum atomic E-state index is -2.89. The van der Waals surface area contributed by atoms with Gasteiger partial charge in [0.05, 0.1) is 5.75 Å². The minimum Gasteiger partial charge on any atom is -0.309 e. The molecule has 1 unspecified atom stereocenters. The van der Waals surface area contributed by atoms with Crippen LogP contribution in [-0.4, -0.2) is 27.0 Å². The quantitative estimate of drug-likeness (QED) is 0.827. The fourth-order valence-corrected chi connectivity index (χ4v) is 2.40. The second-order valence-corrected chi connectivity index (χ2v) is 7.44. The maximum absolute atomic E-state index is 11.1. The van der Waals surface area contributed by atoms with Crippen LogP contribution in [0.25, 0.3) is 0 Å². The monoisotopic (exact) mass is 269 g/mol. The van der Waals surface area contributed by atoms with Gasteiger partial charge in [-0.15, -0.1) is 0 Å². The molecule has 0 saturated carbocycles. The van der Waals surface area contributed by atoms with E-state index in [4.69, 9.17) is 0 Å². The van der Waals surface area contributed by atoms with E-state index >= 15 is 0 Å². The highest BCUT2D eigenvalue weighted by molar-refractivity contribution is 7.90. The Morgan fingerprint density at radius 1 is 1.17 bits per heavy atom. The van der Waals surface area contributed by atoms with E-state index in [-0.39, 0.29) is 11.8 Å². The van der Waals surface area contributed by atoms with Crippen LogP contribution in [-0.2, 0) is 9.84 Å². The highest BCUT2D eigenvalue weighted by atomic mass is 32.2. The van der Waals surface area contributed by atoms with Crippen molar-refractivity contribution in [2.45, 2.75) is 26.3 Å². The van der Waals surface area contributed by atoms with E-state index in [0.717, 1.165) is 6.42 Å². The first-order valence-corrected chi connectivity index (χ1v) is 8.40. The van der Waals surface area contributed by atoms with Gasteiger partial charge in [0.15, 0.2) is 0 Å². The average molecular weight is 269 g/mol. The van der Waals surface area contributed by atoms with Crippen LogP contribution >= 0.6 is 0 Å². The fourth-order valence-electron chi connectivity index (χ4n) is 1.91. The van der Waals surface area contributed by atoms with Gasteiger partial charge in [-0.25, -0.2) is 8.42 Å². The molecule has 1 rings (SSSR count). The molecule has 1 atom stereocenters. The molecular formula is C14H23NO2S. The van der Waals surface area contributed by atoms with Gasteiger partial charge in [0, 0.05) is 18.8 Å². The van der Waals surface area contributed by atoms with E-state index < -0.39 is 9.84 Å². The molecule has 0 fully saturated rings. The van der Waals surface area contributed by atoms with Crippen molar-refractivity contribution in [2.75, 3.05) is 18.6 Å². The van der Waals surface area contributed by atoms with E-state index in [1.54, 1.807) is 0 Å². The number of sulfone groups is 1. The lowest BCUT2D eigenvalue weighted by Crippen LogP contribution is -2.28. The molecule has 0 bridgehead atoms. The van der Waals surface area contributed by atoms with E-state index in [1.165, 1.54) is 11.8 Å². The first kappa shape index (κ1) is 15.2. The summed E-state index contributed by atoms with van der Waals surface area (Å²) in [6.07, 6.45) is 2.28. The highest BCUT2D eigenvalue weighted by Gasteiger charge is 2.13. The van der Waals surface area contributed by atoms with E-state index in [2.05, 4.69) is 31.3 Å². The van der Waals surface area contributed by atoms with Crippen LogP contribution in [0.2, 0.25) is 0 Å². The molecule has 0 saturated heterocycles. The average Bonchev–Trinajstić information content (AvgIpc) is 2.27. The van der Waals surface area contributed by atoms with Crippen molar-refractivity contribution in [1.29, 1.82) is 0 Å². The molecule has 0 aliphatic rings. The van der Waals surface area contributed by atoms with E-state index in [0.29, 0.717) is 12.5 Å². The summed E-state index contributed by atoms with van der Waals surface area (Å²) in [5.74, 6) is 0.759. The molecule has 1 aromatic carbocycles. The molecule has 18 heavy (non-hydrogen) atoms. The summed E-state index contributed by atoms with van der Waals surface area (Å²) in [6, 6.07) is 10.4. The second kappa shape index (κ2) is 6.90. The smallest absolute Gasteiger partial charge is 0.148 e. The third-order valence-corrected chi connectivity index (χ3v) is 3.72. The summed E-state index contributed by atoms with van der Waals surface area (Å²) in [6.45, 7) is 4.85. The predicted molar refractivity (Wildman–Crippen MR) is 76.4 cm³/mol. The Kier molecular flexibility index (Phi) is 5.82. The van der Waals surface area contributed by atoms with Crippen molar-refractivity contribution in [3.05, 3.63) is 35.9 Å². The third kappa shape index (κ3) is 6.17. The number of benzene rings is 1. The highest BCUT2D eigenvalue weighted by Crippen LogP contribution is 2.20. The zero-order valence-electron chi connectivity index (χ0n) is 11.4. The van der Waals surface area contributed by atoms with Gasteiger partial charge in [0.25, 0.3) is 0 Å².